The monoisotopic (exact) mass is 319 g/mol. The number of carbonyl (C=O) groups is 1. The molecular formula is C13H25NO4SSi. The SMILES string of the molecule is COC(=O)C1CC=CCCN1S(=O)(=O)CC[Si](C)(C)C. The first kappa shape index (κ1) is 17.4. The third kappa shape index (κ3) is 5.03. The largest absolute Gasteiger partial charge is 0.468 e. The van der Waals surface area contributed by atoms with E-state index in [1.54, 1.807) is 0 Å². The van der Waals surface area contributed by atoms with Gasteiger partial charge >= 0.3 is 5.97 Å². The van der Waals surface area contributed by atoms with Crippen molar-refractivity contribution in [1.82, 2.24) is 4.31 Å². The second kappa shape index (κ2) is 6.86. The zero-order valence-corrected chi connectivity index (χ0v) is 14.6. The Labute approximate surface area is 123 Å². The molecule has 1 unspecified atom stereocenters. The molecule has 0 bridgehead atoms. The Morgan fingerprint density at radius 1 is 1.35 bits per heavy atom. The van der Waals surface area contributed by atoms with Crippen LogP contribution in [0, 0.1) is 0 Å². The summed E-state index contributed by atoms with van der Waals surface area (Å²) < 4.78 is 31.1. The zero-order valence-electron chi connectivity index (χ0n) is 12.8. The molecule has 0 aromatic carbocycles. The van der Waals surface area contributed by atoms with Crippen LogP contribution >= 0.6 is 0 Å². The number of hydrogen-bond donors (Lipinski definition) is 0. The van der Waals surface area contributed by atoms with Crippen LogP contribution in [0.25, 0.3) is 0 Å². The molecule has 0 radical (unpaired) electrons. The molecule has 0 aromatic rings. The third-order valence-electron chi connectivity index (χ3n) is 3.33. The summed E-state index contributed by atoms with van der Waals surface area (Å²) in [5, 5.41) is 0. The molecule has 0 aromatic heterocycles. The Hall–Kier alpha value is -0.663. The standard InChI is InChI=1S/C13H25NO4SSi/c1-18-13(15)12-8-6-5-7-9-14(12)19(16,17)10-11-20(2,3)4/h5-6,12H,7-11H2,1-4H3. The molecule has 1 aliphatic rings. The van der Waals surface area contributed by atoms with Gasteiger partial charge in [0.25, 0.3) is 0 Å². The van der Waals surface area contributed by atoms with Gasteiger partial charge in [-0.2, -0.15) is 4.31 Å². The normalized spacial score (nSPS) is 21.5. The molecule has 7 heteroatoms. The molecule has 0 spiro atoms. The van der Waals surface area contributed by atoms with E-state index in [1.165, 1.54) is 11.4 Å². The first-order chi connectivity index (χ1) is 9.17. The fourth-order valence-corrected chi connectivity index (χ4v) is 6.71. The number of carbonyl (C=O) groups excluding carboxylic acids is 1. The third-order valence-corrected chi connectivity index (χ3v) is 7.31. The second-order valence-corrected chi connectivity index (χ2v) is 13.9. The minimum atomic E-state index is -3.42. The van der Waals surface area contributed by atoms with Crippen LogP contribution in [0.2, 0.25) is 25.7 Å². The average Bonchev–Trinajstić information content (AvgIpc) is 2.61. The van der Waals surface area contributed by atoms with Crippen LogP contribution in [0.4, 0.5) is 0 Å². The van der Waals surface area contributed by atoms with E-state index in [0.29, 0.717) is 25.4 Å². The summed E-state index contributed by atoms with van der Waals surface area (Å²) in [6.45, 7) is 6.78. The quantitative estimate of drug-likeness (QED) is 0.441. The van der Waals surface area contributed by atoms with E-state index in [0.717, 1.165) is 0 Å². The van der Waals surface area contributed by atoms with Crippen molar-refractivity contribution in [2.24, 2.45) is 0 Å². The van der Waals surface area contributed by atoms with Gasteiger partial charge in [0.2, 0.25) is 10.0 Å². The zero-order chi connectivity index (χ0) is 15.4. The van der Waals surface area contributed by atoms with Crippen molar-refractivity contribution >= 4 is 24.1 Å². The van der Waals surface area contributed by atoms with Crippen molar-refractivity contribution in [3.05, 3.63) is 12.2 Å². The van der Waals surface area contributed by atoms with Crippen molar-refractivity contribution in [3.63, 3.8) is 0 Å². The van der Waals surface area contributed by atoms with Crippen LogP contribution in [0.15, 0.2) is 12.2 Å². The molecule has 0 saturated heterocycles. The molecule has 0 fully saturated rings. The highest BCUT2D eigenvalue weighted by Gasteiger charge is 2.35. The minimum absolute atomic E-state index is 0.121. The van der Waals surface area contributed by atoms with Gasteiger partial charge in [0, 0.05) is 14.6 Å². The van der Waals surface area contributed by atoms with Crippen LogP contribution in [0.1, 0.15) is 12.8 Å². The molecule has 0 saturated carbocycles. The topological polar surface area (TPSA) is 63.7 Å². The summed E-state index contributed by atoms with van der Waals surface area (Å²) in [5.74, 6) is -0.357. The molecule has 1 aliphatic heterocycles. The Morgan fingerprint density at radius 2 is 2.00 bits per heavy atom. The molecule has 1 heterocycles. The number of rotatable bonds is 5. The van der Waals surface area contributed by atoms with E-state index < -0.39 is 30.1 Å². The van der Waals surface area contributed by atoms with Gasteiger partial charge in [-0.3, -0.25) is 4.79 Å². The van der Waals surface area contributed by atoms with Crippen molar-refractivity contribution in [2.45, 2.75) is 44.6 Å². The van der Waals surface area contributed by atoms with Gasteiger partial charge in [-0.05, 0) is 18.9 Å². The predicted molar refractivity (Wildman–Crippen MR) is 82.8 cm³/mol. The summed E-state index contributed by atoms with van der Waals surface area (Å²) >= 11 is 0. The predicted octanol–water partition coefficient (Wildman–Crippen LogP) is 1.85. The van der Waals surface area contributed by atoms with E-state index in [9.17, 15) is 13.2 Å². The van der Waals surface area contributed by atoms with E-state index in [1.807, 2.05) is 12.2 Å². The van der Waals surface area contributed by atoms with Crippen molar-refractivity contribution in [1.29, 1.82) is 0 Å². The lowest BCUT2D eigenvalue weighted by Gasteiger charge is -2.28. The Kier molecular flexibility index (Phi) is 5.97. The Bertz CT molecular complexity index is 467. The van der Waals surface area contributed by atoms with Crippen LogP contribution in [-0.2, 0) is 19.6 Å². The second-order valence-electron chi connectivity index (χ2n) is 6.27. The molecule has 0 amide bonds. The number of ether oxygens (including phenoxy) is 1. The van der Waals surface area contributed by atoms with Gasteiger partial charge in [0.05, 0.1) is 12.9 Å². The van der Waals surface area contributed by atoms with Gasteiger partial charge < -0.3 is 4.74 Å². The van der Waals surface area contributed by atoms with Crippen LogP contribution in [0.5, 0.6) is 0 Å². The summed E-state index contributed by atoms with van der Waals surface area (Å²) in [6.07, 6.45) is 4.80. The molecular weight excluding hydrogens is 294 g/mol. The van der Waals surface area contributed by atoms with E-state index in [-0.39, 0.29) is 5.75 Å². The molecule has 5 nitrogen and oxygen atoms in total. The number of nitrogens with zero attached hydrogens (tertiary/aromatic N) is 1. The molecule has 0 aliphatic carbocycles. The van der Waals surface area contributed by atoms with Crippen molar-refractivity contribution in [3.8, 4) is 0 Å². The van der Waals surface area contributed by atoms with Crippen LogP contribution < -0.4 is 0 Å². The highest BCUT2D eigenvalue weighted by Crippen LogP contribution is 2.20. The van der Waals surface area contributed by atoms with Gasteiger partial charge in [0.1, 0.15) is 6.04 Å². The molecule has 20 heavy (non-hydrogen) atoms. The average molecular weight is 319 g/mol. The van der Waals surface area contributed by atoms with E-state index in [2.05, 4.69) is 19.6 Å². The van der Waals surface area contributed by atoms with Crippen LogP contribution in [-0.4, -0.2) is 52.2 Å². The summed E-state index contributed by atoms with van der Waals surface area (Å²) in [6, 6.07) is -0.0157. The highest BCUT2D eigenvalue weighted by atomic mass is 32.2. The maximum Gasteiger partial charge on any atom is 0.324 e. The van der Waals surface area contributed by atoms with Gasteiger partial charge in [-0.25, -0.2) is 8.42 Å². The lowest BCUT2D eigenvalue weighted by atomic mass is 10.2. The first-order valence-corrected chi connectivity index (χ1v) is 12.2. The minimum Gasteiger partial charge on any atom is -0.468 e. The first-order valence-electron chi connectivity index (χ1n) is 6.90. The number of sulfonamides is 1. The van der Waals surface area contributed by atoms with E-state index >= 15 is 0 Å². The van der Waals surface area contributed by atoms with Crippen molar-refractivity contribution in [2.75, 3.05) is 19.4 Å². The molecule has 0 N–H and O–H groups in total. The fraction of sp³-hybridized carbons (Fsp3) is 0.769. The molecule has 1 rings (SSSR count). The van der Waals surface area contributed by atoms with Gasteiger partial charge in [-0.15, -0.1) is 0 Å². The van der Waals surface area contributed by atoms with Crippen molar-refractivity contribution < 1.29 is 17.9 Å². The number of methoxy groups -OCH3 is 1. The van der Waals surface area contributed by atoms with Gasteiger partial charge in [0.15, 0.2) is 0 Å². The lowest BCUT2D eigenvalue weighted by Crippen LogP contribution is -2.46. The fourth-order valence-electron chi connectivity index (χ4n) is 2.05. The van der Waals surface area contributed by atoms with E-state index in [4.69, 9.17) is 4.74 Å². The maximum absolute atomic E-state index is 12.5. The Morgan fingerprint density at radius 3 is 2.55 bits per heavy atom. The number of hydrogen-bond acceptors (Lipinski definition) is 4. The highest BCUT2D eigenvalue weighted by molar-refractivity contribution is 7.89. The molecule has 1 atom stereocenters. The summed E-state index contributed by atoms with van der Waals surface area (Å²) in [7, 11) is -3.56. The smallest absolute Gasteiger partial charge is 0.324 e. The summed E-state index contributed by atoms with van der Waals surface area (Å²) in [4.78, 5) is 11.8. The number of esters is 1. The van der Waals surface area contributed by atoms with Crippen LogP contribution in [0.3, 0.4) is 0 Å². The lowest BCUT2D eigenvalue weighted by molar-refractivity contribution is -0.145. The maximum atomic E-state index is 12.5. The van der Waals surface area contributed by atoms with Gasteiger partial charge in [-0.1, -0.05) is 31.8 Å². The Balaban J connectivity index is 2.90. The summed E-state index contributed by atoms with van der Waals surface area (Å²) in [5.41, 5.74) is 0. The molecule has 116 valence electrons.